The van der Waals surface area contributed by atoms with E-state index >= 15 is 0 Å². The number of aromatic nitrogens is 2. The normalized spacial score (nSPS) is 10.4. The van der Waals surface area contributed by atoms with Gasteiger partial charge < -0.3 is 10.6 Å². The average Bonchev–Trinajstić information content (AvgIpc) is 2.64. The Labute approximate surface area is 146 Å². The molecule has 0 radical (unpaired) electrons. The molecule has 0 aliphatic rings. The highest BCUT2D eigenvalue weighted by molar-refractivity contribution is 5.92. The molecule has 1 aromatic heterocycles. The van der Waals surface area contributed by atoms with E-state index in [0.29, 0.717) is 5.56 Å². The van der Waals surface area contributed by atoms with Crippen LogP contribution in [0.2, 0.25) is 0 Å². The Balaban J connectivity index is 1.70. The minimum absolute atomic E-state index is 0.0151. The number of hydrogen-bond acceptors (Lipinski definition) is 4. The first-order valence-electron chi connectivity index (χ1n) is 7.59. The zero-order chi connectivity index (χ0) is 18.5. The summed E-state index contributed by atoms with van der Waals surface area (Å²) >= 11 is 0. The number of benzene rings is 2. The summed E-state index contributed by atoms with van der Waals surface area (Å²) in [5, 5.41) is 5.04. The maximum Gasteiger partial charge on any atom is 0.270 e. The van der Waals surface area contributed by atoms with Crippen LogP contribution in [0.1, 0.15) is 16.1 Å². The third-order valence-electron chi connectivity index (χ3n) is 3.45. The van der Waals surface area contributed by atoms with Gasteiger partial charge in [-0.05, 0) is 35.9 Å². The number of para-hydroxylation sites is 1. The van der Waals surface area contributed by atoms with E-state index in [-0.39, 0.29) is 24.0 Å². The monoisotopic (exact) mass is 358 g/mol. The highest BCUT2D eigenvalue weighted by atomic mass is 19.1. The molecule has 0 saturated carbocycles. The summed E-state index contributed by atoms with van der Waals surface area (Å²) in [6, 6.07) is 10.4. The van der Waals surface area contributed by atoms with Crippen molar-refractivity contribution in [2.75, 3.05) is 5.32 Å². The van der Waals surface area contributed by atoms with Gasteiger partial charge in [0.1, 0.15) is 28.8 Å². The van der Waals surface area contributed by atoms with Crippen molar-refractivity contribution in [1.82, 2.24) is 15.3 Å². The van der Waals surface area contributed by atoms with Crippen LogP contribution < -0.4 is 10.6 Å². The van der Waals surface area contributed by atoms with E-state index in [9.17, 15) is 18.0 Å². The molecule has 0 spiro atoms. The van der Waals surface area contributed by atoms with Gasteiger partial charge in [-0.15, -0.1) is 0 Å². The lowest BCUT2D eigenvalue weighted by atomic mass is 10.2. The van der Waals surface area contributed by atoms with Crippen LogP contribution in [0.4, 0.5) is 24.8 Å². The standard InChI is InChI=1S/C18H13F3N4O/c19-12-6-4-11(5-7-12)10-23-17(26)15-8-9-22-18(24-15)25-16-13(20)2-1-3-14(16)21/h1-9H,10H2,(H,23,26)(H,22,24,25). The van der Waals surface area contributed by atoms with Crippen molar-refractivity contribution in [2.24, 2.45) is 0 Å². The van der Waals surface area contributed by atoms with Gasteiger partial charge in [-0.3, -0.25) is 4.79 Å². The van der Waals surface area contributed by atoms with E-state index in [1.165, 1.54) is 30.5 Å². The van der Waals surface area contributed by atoms with Gasteiger partial charge in [0.25, 0.3) is 5.91 Å². The number of amides is 1. The summed E-state index contributed by atoms with van der Waals surface area (Å²) in [6.45, 7) is 0.174. The highest BCUT2D eigenvalue weighted by Gasteiger charge is 2.12. The number of anilines is 2. The third kappa shape index (κ3) is 4.15. The second kappa shape index (κ2) is 7.64. The van der Waals surface area contributed by atoms with Crippen molar-refractivity contribution >= 4 is 17.5 Å². The maximum atomic E-state index is 13.7. The molecule has 132 valence electrons. The number of rotatable bonds is 5. The maximum absolute atomic E-state index is 13.7. The first-order valence-corrected chi connectivity index (χ1v) is 7.59. The van der Waals surface area contributed by atoms with Crippen molar-refractivity contribution < 1.29 is 18.0 Å². The molecule has 0 unspecified atom stereocenters. The quantitative estimate of drug-likeness (QED) is 0.732. The lowest BCUT2D eigenvalue weighted by molar-refractivity contribution is 0.0946. The van der Waals surface area contributed by atoms with Crippen molar-refractivity contribution in [3.8, 4) is 0 Å². The summed E-state index contributed by atoms with van der Waals surface area (Å²) < 4.78 is 40.2. The number of halogens is 3. The van der Waals surface area contributed by atoms with Crippen LogP contribution in [-0.2, 0) is 6.54 Å². The molecule has 0 saturated heterocycles. The van der Waals surface area contributed by atoms with Crippen LogP contribution in [0, 0.1) is 17.5 Å². The van der Waals surface area contributed by atoms with Crippen molar-refractivity contribution in [2.45, 2.75) is 6.54 Å². The summed E-state index contributed by atoms with van der Waals surface area (Å²) in [4.78, 5) is 20.0. The predicted molar refractivity (Wildman–Crippen MR) is 89.2 cm³/mol. The zero-order valence-electron chi connectivity index (χ0n) is 13.3. The molecule has 1 amide bonds. The Kier molecular flexibility index (Phi) is 5.12. The predicted octanol–water partition coefficient (Wildman–Crippen LogP) is 3.57. The molecule has 2 aromatic carbocycles. The van der Waals surface area contributed by atoms with Gasteiger partial charge >= 0.3 is 0 Å². The van der Waals surface area contributed by atoms with Crippen LogP contribution in [0.5, 0.6) is 0 Å². The molecule has 3 aromatic rings. The summed E-state index contributed by atoms with van der Waals surface area (Å²) in [5.74, 6) is -2.61. The minimum atomic E-state index is -0.806. The Morgan fingerprint density at radius 1 is 0.962 bits per heavy atom. The van der Waals surface area contributed by atoms with Crippen molar-refractivity contribution in [1.29, 1.82) is 0 Å². The van der Waals surface area contributed by atoms with E-state index in [4.69, 9.17) is 0 Å². The van der Waals surface area contributed by atoms with Gasteiger partial charge in [-0.2, -0.15) is 0 Å². The molecule has 0 bridgehead atoms. The number of carbonyl (C=O) groups is 1. The van der Waals surface area contributed by atoms with Gasteiger partial charge in [0.2, 0.25) is 5.95 Å². The van der Waals surface area contributed by atoms with Gasteiger partial charge in [0.05, 0.1) is 0 Å². The fourth-order valence-electron chi connectivity index (χ4n) is 2.15. The molecular weight excluding hydrogens is 345 g/mol. The lowest BCUT2D eigenvalue weighted by Gasteiger charge is -2.09. The van der Waals surface area contributed by atoms with Crippen LogP contribution >= 0.6 is 0 Å². The lowest BCUT2D eigenvalue weighted by Crippen LogP contribution is -2.24. The largest absolute Gasteiger partial charge is 0.347 e. The molecule has 5 nitrogen and oxygen atoms in total. The molecule has 0 atom stereocenters. The molecule has 0 aliphatic carbocycles. The fourth-order valence-corrected chi connectivity index (χ4v) is 2.15. The molecule has 0 aliphatic heterocycles. The number of nitrogens with zero attached hydrogens (tertiary/aromatic N) is 2. The smallest absolute Gasteiger partial charge is 0.270 e. The van der Waals surface area contributed by atoms with E-state index in [0.717, 1.165) is 12.1 Å². The molecule has 0 fully saturated rings. The van der Waals surface area contributed by atoms with Crippen LogP contribution in [0.15, 0.2) is 54.7 Å². The minimum Gasteiger partial charge on any atom is -0.347 e. The van der Waals surface area contributed by atoms with Crippen LogP contribution in [0.3, 0.4) is 0 Å². The average molecular weight is 358 g/mol. The van der Waals surface area contributed by atoms with Crippen molar-refractivity contribution in [3.63, 3.8) is 0 Å². The summed E-state index contributed by atoms with van der Waals surface area (Å²) in [6.07, 6.45) is 1.29. The van der Waals surface area contributed by atoms with Crippen LogP contribution in [-0.4, -0.2) is 15.9 Å². The second-order valence-electron chi connectivity index (χ2n) is 5.30. The van der Waals surface area contributed by atoms with Crippen molar-refractivity contribution in [3.05, 3.63) is 83.4 Å². The zero-order valence-corrected chi connectivity index (χ0v) is 13.3. The Morgan fingerprint density at radius 2 is 1.65 bits per heavy atom. The highest BCUT2D eigenvalue weighted by Crippen LogP contribution is 2.21. The number of nitrogens with one attached hydrogen (secondary N) is 2. The molecule has 26 heavy (non-hydrogen) atoms. The van der Waals surface area contributed by atoms with Gasteiger partial charge in [0.15, 0.2) is 0 Å². The summed E-state index contributed by atoms with van der Waals surface area (Å²) in [5.41, 5.74) is 0.318. The molecule has 8 heteroatoms. The molecule has 1 heterocycles. The topological polar surface area (TPSA) is 66.9 Å². The molecule has 2 N–H and O–H groups in total. The first kappa shape index (κ1) is 17.4. The molecule has 3 rings (SSSR count). The summed E-state index contributed by atoms with van der Waals surface area (Å²) in [7, 11) is 0. The Hall–Kier alpha value is -3.42. The number of hydrogen-bond donors (Lipinski definition) is 2. The Bertz CT molecular complexity index is 912. The van der Waals surface area contributed by atoms with E-state index in [2.05, 4.69) is 20.6 Å². The van der Waals surface area contributed by atoms with E-state index in [1.807, 2.05) is 0 Å². The van der Waals surface area contributed by atoms with Gasteiger partial charge in [0, 0.05) is 12.7 Å². The van der Waals surface area contributed by atoms with Crippen LogP contribution in [0.25, 0.3) is 0 Å². The Morgan fingerprint density at radius 3 is 2.35 bits per heavy atom. The number of carbonyl (C=O) groups excluding carboxylic acids is 1. The van der Waals surface area contributed by atoms with Gasteiger partial charge in [-0.25, -0.2) is 23.1 Å². The third-order valence-corrected chi connectivity index (χ3v) is 3.45. The second-order valence-corrected chi connectivity index (χ2v) is 5.30. The fraction of sp³-hybridized carbons (Fsp3) is 0.0556. The first-order chi connectivity index (χ1) is 12.5. The van der Waals surface area contributed by atoms with Gasteiger partial charge in [-0.1, -0.05) is 18.2 Å². The van der Waals surface area contributed by atoms with E-state index < -0.39 is 23.2 Å². The van der Waals surface area contributed by atoms with E-state index in [1.54, 1.807) is 12.1 Å². The molecular formula is C18H13F3N4O. The SMILES string of the molecule is O=C(NCc1ccc(F)cc1)c1ccnc(Nc2c(F)cccc2F)n1.